The van der Waals surface area contributed by atoms with Gasteiger partial charge in [-0.05, 0) is 34.5 Å². The van der Waals surface area contributed by atoms with Crippen LogP contribution in [0.2, 0.25) is 0 Å². The van der Waals surface area contributed by atoms with Crippen LogP contribution in [0.3, 0.4) is 0 Å². The number of benzene rings is 3. The topological polar surface area (TPSA) is 39.7 Å². The van der Waals surface area contributed by atoms with Gasteiger partial charge >= 0.3 is 0 Å². The van der Waals surface area contributed by atoms with Gasteiger partial charge in [0.1, 0.15) is 18.1 Å². The highest BCUT2D eigenvalue weighted by Gasteiger charge is 2.09. The third kappa shape index (κ3) is 4.54. The van der Waals surface area contributed by atoms with E-state index in [0.717, 1.165) is 24.6 Å². The number of methoxy groups -OCH3 is 2. The largest absolute Gasteiger partial charge is 0.497 e. The molecule has 4 heteroatoms. The Kier molecular flexibility index (Phi) is 6.47. The van der Waals surface area contributed by atoms with Crippen molar-refractivity contribution in [1.29, 1.82) is 0 Å². The van der Waals surface area contributed by atoms with Crippen LogP contribution in [0.5, 0.6) is 11.5 Å². The lowest BCUT2D eigenvalue weighted by atomic mass is 10.0. The van der Waals surface area contributed by atoms with Crippen LogP contribution in [0.1, 0.15) is 11.1 Å². The van der Waals surface area contributed by atoms with Crippen molar-refractivity contribution in [3.8, 4) is 11.5 Å². The Morgan fingerprint density at radius 2 is 1.62 bits per heavy atom. The molecule has 3 rings (SSSR count). The summed E-state index contributed by atoms with van der Waals surface area (Å²) in [6.07, 6.45) is 0. The Hall–Kier alpha value is -2.56. The molecule has 26 heavy (non-hydrogen) atoms. The maximum Gasteiger partial charge on any atom is 0.124 e. The molecule has 0 heterocycles. The number of hydrogen-bond acceptors (Lipinski definition) is 4. The summed E-state index contributed by atoms with van der Waals surface area (Å²) in [4.78, 5) is 0. The molecule has 0 aromatic heterocycles. The second kappa shape index (κ2) is 9.22. The van der Waals surface area contributed by atoms with Crippen LogP contribution < -0.4 is 14.8 Å². The van der Waals surface area contributed by atoms with Crippen LogP contribution in [-0.2, 0) is 17.8 Å². The second-order valence-corrected chi connectivity index (χ2v) is 6.06. The molecule has 0 amide bonds. The zero-order valence-corrected chi connectivity index (χ0v) is 15.3. The molecule has 0 unspecified atom stereocenters. The van der Waals surface area contributed by atoms with Gasteiger partial charge in [-0.3, -0.25) is 0 Å². The van der Waals surface area contributed by atoms with Gasteiger partial charge in [-0.1, -0.05) is 42.5 Å². The van der Waals surface area contributed by atoms with E-state index >= 15 is 0 Å². The van der Waals surface area contributed by atoms with Crippen LogP contribution >= 0.6 is 0 Å². The quantitative estimate of drug-likeness (QED) is 0.588. The Morgan fingerprint density at radius 1 is 0.808 bits per heavy atom. The predicted molar refractivity (Wildman–Crippen MR) is 105 cm³/mol. The first-order valence-corrected chi connectivity index (χ1v) is 8.78. The van der Waals surface area contributed by atoms with Crippen molar-refractivity contribution >= 4 is 10.8 Å². The van der Waals surface area contributed by atoms with Gasteiger partial charge < -0.3 is 19.5 Å². The summed E-state index contributed by atoms with van der Waals surface area (Å²) in [5, 5.41) is 5.95. The summed E-state index contributed by atoms with van der Waals surface area (Å²) in [5.74, 6) is 1.78. The molecule has 0 atom stereocenters. The van der Waals surface area contributed by atoms with E-state index in [1.165, 1.54) is 21.9 Å². The average molecular weight is 351 g/mol. The molecular formula is C22H25NO3. The van der Waals surface area contributed by atoms with Crippen LogP contribution in [0.25, 0.3) is 10.8 Å². The summed E-state index contributed by atoms with van der Waals surface area (Å²) >= 11 is 0. The van der Waals surface area contributed by atoms with E-state index in [4.69, 9.17) is 14.2 Å². The van der Waals surface area contributed by atoms with Crippen molar-refractivity contribution in [2.45, 2.75) is 13.1 Å². The van der Waals surface area contributed by atoms with Crippen molar-refractivity contribution < 1.29 is 14.2 Å². The number of ether oxygens (including phenoxy) is 3. The smallest absolute Gasteiger partial charge is 0.124 e. The molecule has 136 valence electrons. The molecule has 3 aromatic carbocycles. The molecule has 0 bridgehead atoms. The van der Waals surface area contributed by atoms with Gasteiger partial charge in [0.2, 0.25) is 0 Å². The van der Waals surface area contributed by atoms with E-state index in [0.29, 0.717) is 13.2 Å². The second-order valence-electron chi connectivity index (χ2n) is 6.06. The fraction of sp³-hybridized carbons (Fsp3) is 0.273. The monoisotopic (exact) mass is 351 g/mol. The van der Waals surface area contributed by atoms with Crippen LogP contribution in [0.4, 0.5) is 0 Å². The van der Waals surface area contributed by atoms with Crippen LogP contribution in [0.15, 0.2) is 60.7 Å². The van der Waals surface area contributed by atoms with Crippen LogP contribution in [0, 0.1) is 0 Å². The fourth-order valence-corrected chi connectivity index (χ4v) is 2.94. The molecule has 0 radical (unpaired) electrons. The van der Waals surface area contributed by atoms with E-state index in [2.05, 4.69) is 47.8 Å². The van der Waals surface area contributed by atoms with Gasteiger partial charge in [-0.2, -0.15) is 0 Å². The van der Waals surface area contributed by atoms with Gasteiger partial charge in [-0.15, -0.1) is 0 Å². The summed E-state index contributed by atoms with van der Waals surface area (Å²) in [6.45, 7) is 2.63. The zero-order valence-electron chi connectivity index (χ0n) is 15.3. The van der Waals surface area contributed by atoms with E-state index in [9.17, 15) is 0 Å². The normalized spacial score (nSPS) is 10.8. The SMILES string of the molecule is COCCOc1ccc2ccccc2c1CNCc1ccc(OC)cc1. The Labute approximate surface area is 154 Å². The third-order valence-electron chi connectivity index (χ3n) is 4.33. The summed E-state index contributed by atoms with van der Waals surface area (Å²) in [6, 6.07) is 20.6. The molecule has 0 spiro atoms. The van der Waals surface area contributed by atoms with Crippen molar-refractivity contribution in [3.05, 3.63) is 71.8 Å². The standard InChI is InChI=1S/C22H25NO3/c1-24-13-14-26-22-12-9-18-5-3-4-6-20(18)21(22)16-23-15-17-7-10-19(25-2)11-8-17/h3-12,23H,13-16H2,1-2H3. The van der Waals surface area contributed by atoms with Gasteiger partial charge in [0.05, 0.1) is 13.7 Å². The summed E-state index contributed by atoms with van der Waals surface area (Å²) in [7, 11) is 3.36. The van der Waals surface area contributed by atoms with Gasteiger partial charge in [-0.25, -0.2) is 0 Å². The van der Waals surface area contributed by atoms with Crippen molar-refractivity contribution in [2.24, 2.45) is 0 Å². The van der Waals surface area contributed by atoms with E-state index in [-0.39, 0.29) is 0 Å². The minimum absolute atomic E-state index is 0.542. The highest BCUT2D eigenvalue weighted by atomic mass is 16.5. The van der Waals surface area contributed by atoms with E-state index in [1.807, 2.05) is 18.2 Å². The first kappa shape index (κ1) is 18.2. The molecule has 3 aromatic rings. The average Bonchev–Trinajstić information content (AvgIpc) is 2.69. The molecule has 0 aliphatic heterocycles. The fourth-order valence-electron chi connectivity index (χ4n) is 2.94. The lowest BCUT2D eigenvalue weighted by Gasteiger charge is -2.15. The van der Waals surface area contributed by atoms with E-state index < -0.39 is 0 Å². The number of nitrogens with one attached hydrogen (secondary N) is 1. The summed E-state index contributed by atoms with van der Waals surface area (Å²) < 4.78 is 16.2. The molecule has 0 aliphatic rings. The van der Waals surface area contributed by atoms with Gasteiger partial charge in [0.25, 0.3) is 0 Å². The lowest BCUT2D eigenvalue weighted by molar-refractivity contribution is 0.146. The molecule has 0 fully saturated rings. The number of hydrogen-bond donors (Lipinski definition) is 1. The maximum atomic E-state index is 5.94. The zero-order chi connectivity index (χ0) is 18.2. The molecule has 4 nitrogen and oxygen atoms in total. The predicted octanol–water partition coefficient (Wildman–Crippen LogP) is 4.16. The molecular weight excluding hydrogens is 326 g/mol. The number of fused-ring (bicyclic) bond motifs is 1. The Bertz CT molecular complexity index is 830. The first-order valence-electron chi connectivity index (χ1n) is 8.78. The summed E-state index contributed by atoms with van der Waals surface area (Å²) in [5.41, 5.74) is 2.39. The lowest BCUT2D eigenvalue weighted by Crippen LogP contribution is -2.15. The van der Waals surface area contributed by atoms with Gasteiger partial charge in [0, 0.05) is 25.8 Å². The minimum atomic E-state index is 0.542. The maximum absolute atomic E-state index is 5.94. The molecule has 0 aliphatic carbocycles. The van der Waals surface area contributed by atoms with Crippen molar-refractivity contribution in [2.75, 3.05) is 27.4 Å². The third-order valence-corrected chi connectivity index (χ3v) is 4.33. The number of rotatable bonds is 9. The highest BCUT2D eigenvalue weighted by molar-refractivity contribution is 5.87. The van der Waals surface area contributed by atoms with Gasteiger partial charge in [0.15, 0.2) is 0 Å². The Morgan fingerprint density at radius 3 is 2.38 bits per heavy atom. The van der Waals surface area contributed by atoms with Crippen molar-refractivity contribution in [1.82, 2.24) is 5.32 Å². The van der Waals surface area contributed by atoms with Crippen molar-refractivity contribution in [3.63, 3.8) is 0 Å². The molecule has 0 saturated carbocycles. The van der Waals surface area contributed by atoms with Crippen LogP contribution in [-0.4, -0.2) is 27.4 Å². The highest BCUT2D eigenvalue weighted by Crippen LogP contribution is 2.28. The molecule has 0 saturated heterocycles. The van der Waals surface area contributed by atoms with E-state index in [1.54, 1.807) is 14.2 Å². The Balaban J connectivity index is 1.74. The minimum Gasteiger partial charge on any atom is -0.497 e. The molecule has 1 N–H and O–H groups in total. The first-order chi connectivity index (χ1) is 12.8.